The fourth-order valence-electron chi connectivity index (χ4n) is 2.60. The molecule has 0 aliphatic rings. The van der Waals surface area contributed by atoms with Crippen molar-refractivity contribution in [2.45, 2.75) is 0 Å². The minimum atomic E-state index is -1.88. The van der Waals surface area contributed by atoms with Crippen LogP contribution in [0.4, 0.5) is 0 Å². The second-order valence-electron chi connectivity index (χ2n) is 4.46. The molecule has 0 bridgehead atoms. The number of nitrogens with zero attached hydrogens (tertiary/aromatic N) is 8. The Hall–Kier alpha value is -1.74. The van der Waals surface area contributed by atoms with Gasteiger partial charge < -0.3 is 0 Å². The number of hydrogen-bond acceptors (Lipinski definition) is 8. The molecule has 4 N–H and O–H groups in total. The van der Waals surface area contributed by atoms with Crippen LogP contribution >= 0.6 is 0 Å². The Kier molecular flexibility index (Phi) is 4.26. The third kappa shape index (κ3) is 2.15. The Morgan fingerprint density at radius 1 is 0.545 bits per heavy atom. The van der Waals surface area contributed by atoms with Crippen LogP contribution < -0.4 is 73.8 Å². The molecule has 0 aliphatic heterocycles. The average molecular weight is 322 g/mol. The molecule has 0 saturated heterocycles. The van der Waals surface area contributed by atoms with Gasteiger partial charge in [-0.15, -0.1) is 0 Å². The second-order valence-corrected chi connectivity index (χ2v) is 4.46. The molecule has 4 aromatic rings. The molecule has 0 saturated carbocycles. The van der Waals surface area contributed by atoms with E-state index >= 15 is 0 Å². The third-order valence-corrected chi connectivity index (χ3v) is 3.52. The number of H-pyrrole nitrogens is 4. The van der Waals surface area contributed by atoms with Crippen molar-refractivity contribution < 1.29 is 51.4 Å². The van der Waals surface area contributed by atoms with Crippen LogP contribution in [-0.2, 0) is 0 Å². The Morgan fingerprint density at radius 3 is 1.00 bits per heavy atom. The molecule has 0 radical (unpaired) electrons. The van der Waals surface area contributed by atoms with E-state index in [1.165, 1.54) is 0 Å². The summed E-state index contributed by atoms with van der Waals surface area (Å²) < 4.78 is 0. The first kappa shape index (κ1) is 15.2. The van der Waals surface area contributed by atoms with Crippen molar-refractivity contribution in [2.24, 2.45) is 0 Å². The topological polar surface area (TPSA) is 166 Å². The summed E-state index contributed by atoms with van der Waals surface area (Å²) in [6, 6.07) is 0. The molecule has 0 fully saturated rings. The largest absolute Gasteiger partial charge is 1.00 e. The second kappa shape index (κ2) is 6.17. The van der Waals surface area contributed by atoms with Gasteiger partial charge in [0.1, 0.15) is 0 Å². The Labute approximate surface area is 165 Å². The quantitative estimate of drug-likeness (QED) is 0.269. The minimum Gasteiger partial charge on any atom is -0.269 e. The zero-order valence-electron chi connectivity index (χ0n) is 11.5. The molecule has 0 aliphatic carbocycles. The van der Waals surface area contributed by atoms with E-state index in [0.717, 1.165) is 0 Å². The van der Waals surface area contributed by atoms with Gasteiger partial charge in [-0.25, -0.2) is 0 Å². The maximum Gasteiger partial charge on any atom is 1.00 e. The standard InChI is InChI=1S/C8H8BN12.K/c1-5(14-18-10-1)9(6-2-11-19-15-6,7-3-12-20-16-7)8-4-13-21-17-8;/h1-4H,(H,10,14,18)(H,11,15,19)(H,12,16,20)(H,13,17,21);/q-1;+1. The summed E-state index contributed by atoms with van der Waals surface area (Å²) in [6.07, 6.45) is 4.78. The Bertz CT molecular complexity index is 649. The van der Waals surface area contributed by atoms with Crippen molar-refractivity contribution in [3.05, 3.63) is 24.8 Å². The predicted octanol–water partition coefficient (Wildman–Crippen LogP) is -7.46. The first-order valence-corrected chi connectivity index (χ1v) is 6.05. The van der Waals surface area contributed by atoms with E-state index in [9.17, 15) is 0 Å². The van der Waals surface area contributed by atoms with Gasteiger partial charge in [0, 0.05) is 24.8 Å². The number of hydrogen-bond donors (Lipinski definition) is 4. The van der Waals surface area contributed by atoms with Crippen LogP contribution in [0.15, 0.2) is 24.8 Å². The molecule has 14 heteroatoms. The van der Waals surface area contributed by atoms with Crippen molar-refractivity contribution in [2.75, 3.05) is 0 Å². The summed E-state index contributed by atoms with van der Waals surface area (Å²) in [5.41, 5.74) is 2.41. The van der Waals surface area contributed by atoms with Crippen molar-refractivity contribution in [3.8, 4) is 0 Å². The van der Waals surface area contributed by atoms with Gasteiger partial charge in [0.05, 0.1) is 0 Å². The fraction of sp³-hybridized carbons (Fsp3) is 0. The molecule has 4 heterocycles. The maximum absolute atomic E-state index is 4.13. The van der Waals surface area contributed by atoms with Crippen LogP contribution in [0, 0.1) is 0 Å². The van der Waals surface area contributed by atoms with Crippen molar-refractivity contribution in [3.63, 3.8) is 0 Å². The van der Waals surface area contributed by atoms with E-state index in [-0.39, 0.29) is 51.4 Å². The van der Waals surface area contributed by atoms with Crippen LogP contribution in [0.1, 0.15) is 0 Å². The summed E-state index contributed by atoms with van der Waals surface area (Å²) in [6.45, 7) is 0. The van der Waals surface area contributed by atoms with Crippen LogP contribution in [-0.4, -0.2) is 67.8 Å². The summed E-state index contributed by atoms with van der Waals surface area (Å²) in [4.78, 5) is 0. The van der Waals surface area contributed by atoms with E-state index in [0.29, 0.717) is 22.4 Å². The normalized spacial score (nSPS) is 11.3. The third-order valence-electron chi connectivity index (χ3n) is 3.52. The van der Waals surface area contributed by atoms with Crippen LogP contribution in [0.5, 0.6) is 0 Å². The van der Waals surface area contributed by atoms with Gasteiger partial charge in [0.25, 0.3) is 0 Å². The van der Waals surface area contributed by atoms with Gasteiger partial charge in [-0.3, -0.25) is 20.4 Å². The van der Waals surface area contributed by atoms with E-state index in [2.05, 4.69) is 61.6 Å². The van der Waals surface area contributed by atoms with E-state index in [1.807, 2.05) is 0 Å². The fourth-order valence-corrected chi connectivity index (χ4v) is 2.60. The molecule has 4 rings (SSSR count). The molecule has 4 aromatic heterocycles. The first-order valence-electron chi connectivity index (χ1n) is 6.05. The van der Waals surface area contributed by atoms with E-state index < -0.39 is 6.15 Å². The van der Waals surface area contributed by atoms with Gasteiger partial charge in [-0.2, -0.15) is 20.4 Å². The minimum absolute atomic E-state index is 0. The number of rotatable bonds is 4. The van der Waals surface area contributed by atoms with Crippen LogP contribution in [0.25, 0.3) is 0 Å². The zero-order valence-corrected chi connectivity index (χ0v) is 14.6. The Balaban J connectivity index is 0.00000144. The van der Waals surface area contributed by atoms with E-state index in [4.69, 9.17) is 0 Å². The van der Waals surface area contributed by atoms with Crippen molar-refractivity contribution in [1.82, 2.24) is 61.6 Å². The van der Waals surface area contributed by atoms with Gasteiger partial charge in [-0.05, 0) is 0 Å². The van der Waals surface area contributed by atoms with Crippen LogP contribution in [0.3, 0.4) is 0 Å². The first-order chi connectivity index (χ1) is 10.4. The van der Waals surface area contributed by atoms with Crippen molar-refractivity contribution >= 4 is 28.5 Å². The zero-order chi connectivity index (χ0) is 14.1. The molecule has 0 atom stereocenters. The molecule has 0 spiro atoms. The molecule has 12 nitrogen and oxygen atoms in total. The predicted molar refractivity (Wildman–Crippen MR) is 69.8 cm³/mol. The summed E-state index contributed by atoms with van der Waals surface area (Å²) in [5.74, 6) is 0. The summed E-state index contributed by atoms with van der Waals surface area (Å²) in [7, 11) is 0. The maximum atomic E-state index is 4.13. The van der Waals surface area contributed by atoms with Crippen molar-refractivity contribution in [1.29, 1.82) is 0 Å². The monoisotopic (exact) mass is 322 g/mol. The van der Waals surface area contributed by atoms with Gasteiger partial charge >= 0.3 is 51.4 Å². The molecular formula is C8H8BKN12. The summed E-state index contributed by atoms with van der Waals surface area (Å²) in [5, 5.41) is 42.5. The Morgan fingerprint density at radius 2 is 0.818 bits per heavy atom. The SMILES string of the molecule is [K+].c1[nH]nnc1[B-](c1c[nH]nn1)(c1c[nH]nn1)c1c[nH]nn1. The van der Waals surface area contributed by atoms with Gasteiger partial charge in [0.2, 0.25) is 6.15 Å². The van der Waals surface area contributed by atoms with E-state index in [1.54, 1.807) is 24.8 Å². The molecular weight excluding hydrogens is 314 g/mol. The average Bonchev–Trinajstić information content (AvgIpc) is 3.32. The smallest absolute Gasteiger partial charge is 0.269 e. The van der Waals surface area contributed by atoms with Gasteiger partial charge in [0.15, 0.2) is 0 Å². The van der Waals surface area contributed by atoms with Crippen LogP contribution in [0.2, 0.25) is 0 Å². The number of aromatic amines is 4. The number of nitrogens with one attached hydrogen (secondary N) is 4. The molecule has 104 valence electrons. The molecule has 22 heavy (non-hydrogen) atoms. The summed E-state index contributed by atoms with van der Waals surface area (Å²) >= 11 is 0. The molecule has 0 unspecified atom stereocenters. The molecule has 0 amide bonds. The molecule has 0 aromatic carbocycles. The number of aromatic nitrogens is 12. The van der Waals surface area contributed by atoms with Gasteiger partial charge in [-0.1, -0.05) is 43.2 Å².